The molecule has 1 aromatic heterocycles. The molecule has 37 heavy (non-hydrogen) atoms. The van der Waals surface area contributed by atoms with Gasteiger partial charge in [-0.25, -0.2) is 4.39 Å². The molecule has 1 saturated carbocycles. The van der Waals surface area contributed by atoms with Crippen LogP contribution < -0.4 is 5.32 Å². The van der Waals surface area contributed by atoms with Crippen LogP contribution in [0.1, 0.15) is 28.3 Å². The van der Waals surface area contributed by atoms with Crippen molar-refractivity contribution >= 4 is 17.5 Å². The van der Waals surface area contributed by atoms with E-state index in [9.17, 15) is 44.3 Å². The standard InChI is InChI=1S/C24H14ClF9N2O/c25-15-6-7-17(35-11-15)21(13-8-14(23(29,30)31)10-16(26)9-13)18(12-4-2-1-3-5-12)19(21)36-20(37)22(27,28)24(32,33)34/h1-11,18-19H,(H,36,37)/t18-,19?,21+/m1/s1. The molecule has 1 amide bonds. The van der Waals surface area contributed by atoms with E-state index in [0.717, 1.165) is 6.20 Å². The molecule has 0 aliphatic heterocycles. The van der Waals surface area contributed by atoms with E-state index >= 15 is 0 Å². The largest absolute Gasteiger partial charge is 0.463 e. The van der Waals surface area contributed by atoms with Crippen molar-refractivity contribution in [3.8, 4) is 0 Å². The molecule has 0 bridgehead atoms. The second kappa shape index (κ2) is 8.93. The molecule has 1 N–H and O–H groups in total. The molecule has 13 heteroatoms. The number of pyridine rings is 1. The van der Waals surface area contributed by atoms with E-state index < -0.39 is 58.5 Å². The van der Waals surface area contributed by atoms with Crippen molar-refractivity contribution in [3.05, 3.63) is 100 Å². The van der Waals surface area contributed by atoms with Crippen LogP contribution >= 0.6 is 11.6 Å². The highest BCUT2D eigenvalue weighted by Crippen LogP contribution is 2.64. The second-order valence-corrected chi connectivity index (χ2v) is 8.81. The van der Waals surface area contributed by atoms with Gasteiger partial charge < -0.3 is 5.32 Å². The molecule has 3 nitrogen and oxygen atoms in total. The lowest BCUT2D eigenvalue weighted by Crippen LogP contribution is -2.52. The number of nitrogens with one attached hydrogen (secondary N) is 1. The molecule has 2 aromatic carbocycles. The molecule has 0 spiro atoms. The summed E-state index contributed by atoms with van der Waals surface area (Å²) in [6, 6.07) is 9.67. The van der Waals surface area contributed by atoms with E-state index in [1.165, 1.54) is 36.4 Å². The summed E-state index contributed by atoms with van der Waals surface area (Å²) in [5.74, 6) is -11.1. The monoisotopic (exact) mass is 552 g/mol. The van der Waals surface area contributed by atoms with E-state index in [1.54, 1.807) is 11.4 Å². The average molecular weight is 553 g/mol. The second-order valence-electron chi connectivity index (χ2n) is 8.37. The number of nitrogens with zero attached hydrogens (tertiary/aromatic N) is 1. The summed E-state index contributed by atoms with van der Waals surface area (Å²) < 4.78 is 121. The highest BCUT2D eigenvalue weighted by atomic mass is 35.5. The molecule has 1 aliphatic carbocycles. The number of rotatable bonds is 5. The van der Waals surface area contributed by atoms with Crippen LogP contribution in [0, 0.1) is 5.82 Å². The van der Waals surface area contributed by atoms with Gasteiger partial charge in [0, 0.05) is 12.1 Å². The van der Waals surface area contributed by atoms with Crippen molar-refractivity contribution in [3.63, 3.8) is 0 Å². The van der Waals surface area contributed by atoms with Gasteiger partial charge in [-0.1, -0.05) is 41.9 Å². The third-order valence-corrected chi connectivity index (χ3v) is 6.37. The summed E-state index contributed by atoms with van der Waals surface area (Å²) in [5, 5.41) is 1.72. The highest BCUT2D eigenvalue weighted by molar-refractivity contribution is 6.30. The minimum atomic E-state index is -6.24. The zero-order valence-electron chi connectivity index (χ0n) is 18.1. The fourth-order valence-electron chi connectivity index (χ4n) is 4.50. The summed E-state index contributed by atoms with van der Waals surface area (Å²) in [4.78, 5) is 16.2. The van der Waals surface area contributed by atoms with Crippen molar-refractivity contribution in [1.82, 2.24) is 10.3 Å². The number of carbonyl (C=O) groups is 1. The Bertz CT molecular complexity index is 1310. The van der Waals surface area contributed by atoms with Gasteiger partial charge in [0.2, 0.25) is 0 Å². The van der Waals surface area contributed by atoms with Crippen molar-refractivity contribution in [2.75, 3.05) is 0 Å². The summed E-state index contributed by atoms with van der Waals surface area (Å²) >= 11 is 5.86. The molecular formula is C24H14ClF9N2O. The molecule has 1 aliphatic rings. The van der Waals surface area contributed by atoms with Crippen LogP contribution in [0.25, 0.3) is 0 Å². The molecule has 0 saturated heterocycles. The molecule has 0 radical (unpaired) electrons. The van der Waals surface area contributed by atoms with E-state index in [2.05, 4.69) is 4.98 Å². The Labute approximate surface area is 208 Å². The van der Waals surface area contributed by atoms with Crippen LogP contribution in [-0.4, -0.2) is 29.0 Å². The first-order valence-corrected chi connectivity index (χ1v) is 10.8. The van der Waals surface area contributed by atoms with Gasteiger partial charge in [0.15, 0.2) is 0 Å². The molecule has 1 heterocycles. The predicted molar refractivity (Wildman–Crippen MR) is 114 cm³/mol. The van der Waals surface area contributed by atoms with Crippen molar-refractivity contribution in [2.24, 2.45) is 0 Å². The fraction of sp³-hybridized carbons (Fsp3) is 0.250. The Kier molecular flexibility index (Phi) is 6.46. The first-order chi connectivity index (χ1) is 17.1. The summed E-state index contributed by atoms with van der Waals surface area (Å²) in [5.41, 5.74) is -3.70. The number of aromatic nitrogens is 1. The SMILES string of the molecule is O=C(NC1[C@@H](c2ccccc2)[C@]1(c1cc(F)cc(C(F)(F)F)c1)c1ccc(Cl)cn1)C(F)(F)C(F)(F)F. The van der Waals surface area contributed by atoms with Gasteiger partial charge >= 0.3 is 24.2 Å². The van der Waals surface area contributed by atoms with Crippen molar-refractivity contribution in [1.29, 1.82) is 0 Å². The lowest BCUT2D eigenvalue weighted by Gasteiger charge is -2.22. The number of carbonyl (C=O) groups excluding carboxylic acids is 1. The average Bonchev–Trinajstić information content (AvgIpc) is 3.47. The maximum atomic E-state index is 14.5. The molecule has 1 unspecified atom stereocenters. The van der Waals surface area contributed by atoms with Crippen LogP contribution in [0.15, 0.2) is 66.9 Å². The van der Waals surface area contributed by atoms with Gasteiger partial charge in [-0.3, -0.25) is 9.78 Å². The lowest BCUT2D eigenvalue weighted by molar-refractivity contribution is -0.269. The predicted octanol–water partition coefficient (Wildman–Crippen LogP) is 6.66. The van der Waals surface area contributed by atoms with Crippen LogP contribution in [-0.2, 0) is 16.4 Å². The number of benzene rings is 2. The number of hydrogen-bond donors (Lipinski definition) is 1. The number of hydrogen-bond acceptors (Lipinski definition) is 2. The van der Waals surface area contributed by atoms with Crippen LogP contribution in [0.2, 0.25) is 5.02 Å². The summed E-state index contributed by atoms with van der Waals surface area (Å²) in [7, 11) is 0. The Morgan fingerprint density at radius 3 is 2.11 bits per heavy atom. The lowest BCUT2D eigenvalue weighted by atomic mass is 9.85. The third kappa shape index (κ3) is 4.62. The van der Waals surface area contributed by atoms with Gasteiger partial charge in [0.1, 0.15) is 5.82 Å². The van der Waals surface area contributed by atoms with Crippen molar-refractivity contribution < 1.29 is 44.3 Å². The van der Waals surface area contributed by atoms with Gasteiger partial charge in [-0.05, 0) is 41.5 Å². The first kappa shape index (κ1) is 26.8. The Morgan fingerprint density at radius 1 is 0.919 bits per heavy atom. The summed E-state index contributed by atoms with van der Waals surface area (Å²) in [6.45, 7) is 0. The number of alkyl halides is 8. The van der Waals surface area contributed by atoms with Crippen LogP contribution in [0.4, 0.5) is 39.5 Å². The summed E-state index contributed by atoms with van der Waals surface area (Å²) in [6.07, 6.45) is -10.2. The Balaban J connectivity index is 1.96. The number of halogens is 10. The van der Waals surface area contributed by atoms with Gasteiger partial charge in [-0.2, -0.15) is 35.1 Å². The quantitative estimate of drug-likeness (QED) is 0.360. The van der Waals surface area contributed by atoms with E-state index in [0.29, 0.717) is 12.1 Å². The topological polar surface area (TPSA) is 42.0 Å². The molecule has 3 atom stereocenters. The molecular weight excluding hydrogens is 539 g/mol. The first-order valence-electron chi connectivity index (χ1n) is 10.4. The third-order valence-electron chi connectivity index (χ3n) is 6.15. The molecule has 196 valence electrons. The maximum Gasteiger partial charge on any atom is 0.463 e. The molecule has 1 fully saturated rings. The minimum Gasteiger partial charge on any atom is -0.346 e. The van der Waals surface area contributed by atoms with Gasteiger partial charge in [-0.15, -0.1) is 0 Å². The molecule has 3 aromatic rings. The smallest absolute Gasteiger partial charge is 0.346 e. The van der Waals surface area contributed by atoms with E-state index in [1.807, 2.05) is 0 Å². The molecule has 4 rings (SSSR count). The Hall–Kier alpha value is -3.28. The normalized spacial score (nSPS) is 22.0. The Morgan fingerprint density at radius 2 is 1.57 bits per heavy atom. The highest BCUT2D eigenvalue weighted by Gasteiger charge is 2.72. The minimum absolute atomic E-state index is 0.0789. The number of amides is 1. The van der Waals surface area contributed by atoms with Gasteiger partial charge in [0.05, 0.1) is 27.7 Å². The van der Waals surface area contributed by atoms with E-state index in [4.69, 9.17) is 11.6 Å². The fourth-order valence-corrected chi connectivity index (χ4v) is 4.61. The van der Waals surface area contributed by atoms with Crippen LogP contribution in [0.5, 0.6) is 0 Å². The van der Waals surface area contributed by atoms with Gasteiger partial charge in [0.25, 0.3) is 0 Å². The maximum absolute atomic E-state index is 14.5. The van der Waals surface area contributed by atoms with Crippen LogP contribution in [0.3, 0.4) is 0 Å². The van der Waals surface area contributed by atoms with E-state index in [-0.39, 0.29) is 22.3 Å². The zero-order chi connectivity index (χ0) is 27.4. The van der Waals surface area contributed by atoms with Crippen molar-refractivity contribution in [2.45, 2.75) is 35.6 Å². The zero-order valence-corrected chi connectivity index (χ0v) is 18.9.